The highest BCUT2D eigenvalue weighted by Crippen LogP contribution is 2.21. The highest BCUT2D eigenvalue weighted by Gasteiger charge is 2.31. The molecule has 1 aromatic rings. The van der Waals surface area contributed by atoms with Crippen LogP contribution in [0.4, 0.5) is 5.69 Å². The molecule has 0 amide bonds. The standard InChI is InChI=1S/C15H24N2O2/c1-6-19-14(18)15(4,16)10-17(5)13-8-7-11(2)9-12(13)3/h7-9H,6,10,16H2,1-5H3. The zero-order valence-electron chi connectivity index (χ0n) is 12.5. The van der Waals surface area contributed by atoms with E-state index in [1.165, 1.54) is 11.1 Å². The lowest BCUT2D eigenvalue weighted by Gasteiger charge is -2.30. The third-order valence-corrected chi connectivity index (χ3v) is 3.07. The maximum Gasteiger partial charge on any atom is 0.327 e. The van der Waals surface area contributed by atoms with Gasteiger partial charge in [0.15, 0.2) is 0 Å². The van der Waals surface area contributed by atoms with Crippen molar-refractivity contribution in [1.29, 1.82) is 0 Å². The van der Waals surface area contributed by atoms with Crippen LogP contribution in [0.5, 0.6) is 0 Å². The van der Waals surface area contributed by atoms with Crippen molar-refractivity contribution in [3.8, 4) is 0 Å². The monoisotopic (exact) mass is 264 g/mol. The molecule has 4 heteroatoms. The Balaban J connectivity index is 2.84. The number of rotatable bonds is 5. The van der Waals surface area contributed by atoms with Crippen LogP contribution in [-0.4, -0.2) is 31.7 Å². The van der Waals surface area contributed by atoms with Gasteiger partial charge in [0.2, 0.25) is 0 Å². The summed E-state index contributed by atoms with van der Waals surface area (Å²) < 4.78 is 5.00. The fraction of sp³-hybridized carbons (Fsp3) is 0.533. The van der Waals surface area contributed by atoms with Crippen LogP contribution < -0.4 is 10.6 Å². The number of anilines is 1. The van der Waals surface area contributed by atoms with Crippen LogP contribution in [-0.2, 0) is 9.53 Å². The number of carbonyl (C=O) groups excluding carboxylic acids is 1. The Labute approximate surface area is 115 Å². The first-order chi connectivity index (χ1) is 8.77. The van der Waals surface area contributed by atoms with E-state index >= 15 is 0 Å². The number of carbonyl (C=O) groups is 1. The van der Waals surface area contributed by atoms with Gasteiger partial charge in [-0.3, -0.25) is 0 Å². The molecule has 0 aliphatic rings. The second kappa shape index (κ2) is 6.06. The van der Waals surface area contributed by atoms with Crippen molar-refractivity contribution in [2.75, 3.05) is 25.1 Å². The molecule has 0 radical (unpaired) electrons. The molecule has 0 bridgehead atoms. The van der Waals surface area contributed by atoms with Gasteiger partial charge < -0.3 is 15.4 Å². The van der Waals surface area contributed by atoms with Crippen LogP contribution in [0.25, 0.3) is 0 Å². The van der Waals surface area contributed by atoms with E-state index in [2.05, 4.69) is 26.0 Å². The number of nitrogens with two attached hydrogens (primary N) is 1. The van der Waals surface area contributed by atoms with Gasteiger partial charge in [-0.15, -0.1) is 0 Å². The second-order valence-electron chi connectivity index (χ2n) is 5.28. The molecule has 0 fully saturated rings. The molecule has 106 valence electrons. The lowest BCUT2D eigenvalue weighted by Crippen LogP contribution is -2.54. The van der Waals surface area contributed by atoms with E-state index in [1.807, 2.05) is 18.0 Å². The Kier molecular flexibility index (Phi) is 4.95. The van der Waals surface area contributed by atoms with Crippen molar-refractivity contribution in [2.24, 2.45) is 5.73 Å². The summed E-state index contributed by atoms with van der Waals surface area (Å²) >= 11 is 0. The third kappa shape index (κ3) is 3.96. The molecule has 19 heavy (non-hydrogen) atoms. The molecule has 0 spiro atoms. The summed E-state index contributed by atoms with van der Waals surface area (Å²) in [5.74, 6) is -0.369. The number of nitrogens with zero attached hydrogens (tertiary/aromatic N) is 1. The lowest BCUT2D eigenvalue weighted by molar-refractivity contribution is -0.148. The maximum absolute atomic E-state index is 11.8. The molecular weight excluding hydrogens is 240 g/mol. The van der Waals surface area contributed by atoms with Crippen LogP contribution in [0.3, 0.4) is 0 Å². The van der Waals surface area contributed by atoms with E-state index in [0.717, 1.165) is 5.69 Å². The van der Waals surface area contributed by atoms with E-state index in [9.17, 15) is 4.79 Å². The van der Waals surface area contributed by atoms with E-state index in [-0.39, 0.29) is 5.97 Å². The Bertz CT molecular complexity index is 455. The van der Waals surface area contributed by atoms with Gasteiger partial charge in [-0.05, 0) is 39.3 Å². The van der Waals surface area contributed by atoms with Crippen molar-refractivity contribution >= 4 is 11.7 Å². The quantitative estimate of drug-likeness (QED) is 0.827. The first kappa shape index (κ1) is 15.5. The lowest BCUT2D eigenvalue weighted by atomic mass is 10.0. The Morgan fingerprint density at radius 3 is 2.58 bits per heavy atom. The fourth-order valence-electron chi connectivity index (χ4n) is 2.17. The average Bonchev–Trinajstić information content (AvgIpc) is 2.28. The number of benzene rings is 1. The van der Waals surface area contributed by atoms with Gasteiger partial charge in [-0.25, -0.2) is 4.79 Å². The number of aryl methyl sites for hydroxylation is 2. The molecule has 0 aliphatic carbocycles. The van der Waals surface area contributed by atoms with Gasteiger partial charge in [-0.1, -0.05) is 17.7 Å². The molecule has 1 aromatic carbocycles. The summed E-state index contributed by atoms with van der Waals surface area (Å²) in [5.41, 5.74) is 8.50. The molecule has 0 saturated carbocycles. The van der Waals surface area contributed by atoms with Crippen molar-refractivity contribution in [3.63, 3.8) is 0 Å². The minimum absolute atomic E-state index is 0.346. The molecule has 0 saturated heterocycles. The average molecular weight is 264 g/mol. The van der Waals surface area contributed by atoms with Crippen molar-refractivity contribution < 1.29 is 9.53 Å². The second-order valence-corrected chi connectivity index (χ2v) is 5.28. The summed E-state index contributed by atoms with van der Waals surface area (Å²) in [6.45, 7) is 8.35. The highest BCUT2D eigenvalue weighted by atomic mass is 16.5. The summed E-state index contributed by atoms with van der Waals surface area (Å²) in [6.07, 6.45) is 0. The van der Waals surface area contributed by atoms with E-state index in [1.54, 1.807) is 13.8 Å². The Hall–Kier alpha value is -1.55. The van der Waals surface area contributed by atoms with Crippen molar-refractivity contribution in [3.05, 3.63) is 29.3 Å². The summed E-state index contributed by atoms with van der Waals surface area (Å²) in [5, 5.41) is 0. The van der Waals surface area contributed by atoms with E-state index in [0.29, 0.717) is 13.2 Å². The molecule has 4 nitrogen and oxygen atoms in total. The number of ether oxygens (including phenoxy) is 1. The van der Waals surface area contributed by atoms with Crippen LogP contribution in [0.1, 0.15) is 25.0 Å². The first-order valence-electron chi connectivity index (χ1n) is 6.52. The largest absolute Gasteiger partial charge is 0.465 e. The summed E-state index contributed by atoms with van der Waals surface area (Å²) in [7, 11) is 1.93. The van der Waals surface area contributed by atoms with Gasteiger partial charge in [-0.2, -0.15) is 0 Å². The van der Waals surface area contributed by atoms with Crippen LogP contribution in [0.15, 0.2) is 18.2 Å². The minimum atomic E-state index is -1.01. The molecule has 0 aromatic heterocycles. The Morgan fingerprint density at radius 2 is 2.05 bits per heavy atom. The number of hydrogen-bond donors (Lipinski definition) is 1. The third-order valence-electron chi connectivity index (χ3n) is 3.07. The number of likely N-dealkylation sites (N-methyl/N-ethyl adjacent to an activating group) is 1. The zero-order valence-corrected chi connectivity index (χ0v) is 12.5. The van der Waals surface area contributed by atoms with Crippen molar-refractivity contribution in [1.82, 2.24) is 0 Å². The molecule has 1 rings (SSSR count). The minimum Gasteiger partial charge on any atom is -0.465 e. The molecule has 2 N–H and O–H groups in total. The van der Waals surface area contributed by atoms with Crippen molar-refractivity contribution in [2.45, 2.75) is 33.2 Å². The zero-order chi connectivity index (χ0) is 14.6. The molecule has 1 atom stereocenters. The first-order valence-corrected chi connectivity index (χ1v) is 6.52. The molecule has 0 aliphatic heterocycles. The summed E-state index contributed by atoms with van der Waals surface area (Å²) in [4.78, 5) is 13.8. The van der Waals surface area contributed by atoms with Crippen LogP contribution in [0.2, 0.25) is 0 Å². The Morgan fingerprint density at radius 1 is 1.42 bits per heavy atom. The van der Waals surface area contributed by atoms with E-state index in [4.69, 9.17) is 10.5 Å². The van der Waals surface area contributed by atoms with Gasteiger partial charge in [0.25, 0.3) is 0 Å². The fourth-order valence-corrected chi connectivity index (χ4v) is 2.17. The normalized spacial score (nSPS) is 13.8. The molecular formula is C15H24N2O2. The SMILES string of the molecule is CCOC(=O)C(C)(N)CN(C)c1ccc(C)cc1C. The number of esters is 1. The predicted molar refractivity (Wildman–Crippen MR) is 78.4 cm³/mol. The van der Waals surface area contributed by atoms with Gasteiger partial charge in [0.05, 0.1) is 6.61 Å². The van der Waals surface area contributed by atoms with Gasteiger partial charge >= 0.3 is 5.97 Å². The van der Waals surface area contributed by atoms with Gasteiger partial charge in [0.1, 0.15) is 5.54 Å². The molecule has 0 heterocycles. The van der Waals surface area contributed by atoms with Gasteiger partial charge in [0, 0.05) is 19.3 Å². The van der Waals surface area contributed by atoms with Crippen LogP contribution >= 0.6 is 0 Å². The number of hydrogen-bond acceptors (Lipinski definition) is 4. The van der Waals surface area contributed by atoms with E-state index < -0.39 is 5.54 Å². The maximum atomic E-state index is 11.8. The topological polar surface area (TPSA) is 55.6 Å². The summed E-state index contributed by atoms with van der Waals surface area (Å²) in [6, 6.07) is 6.22. The predicted octanol–water partition coefficient (Wildman–Crippen LogP) is 2.02. The highest BCUT2D eigenvalue weighted by molar-refractivity contribution is 5.81. The smallest absolute Gasteiger partial charge is 0.327 e. The molecule has 1 unspecified atom stereocenters. The van der Waals surface area contributed by atoms with Crippen LogP contribution in [0, 0.1) is 13.8 Å².